The predicted octanol–water partition coefficient (Wildman–Crippen LogP) is 0.363. The zero-order valence-electron chi connectivity index (χ0n) is 13.6. The largest absolute Gasteiger partial charge is 0.481 e. The summed E-state index contributed by atoms with van der Waals surface area (Å²) in [6.07, 6.45) is 0.975. The van der Waals surface area contributed by atoms with Crippen LogP contribution < -0.4 is 5.32 Å². The third kappa shape index (κ3) is 5.86. The summed E-state index contributed by atoms with van der Waals surface area (Å²) in [5.41, 5.74) is 0.467. The second-order valence-corrected chi connectivity index (χ2v) is 8.03. The van der Waals surface area contributed by atoms with Crippen LogP contribution in [0.2, 0.25) is 0 Å². The highest BCUT2D eigenvalue weighted by Crippen LogP contribution is 2.17. The fourth-order valence-electron chi connectivity index (χ4n) is 2.65. The summed E-state index contributed by atoms with van der Waals surface area (Å²) in [6, 6.07) is 8.39. The second kappa shape index (κ2) is 8.11. The van der Waals surface area contributed by atoms with Crippen molar-refractivity contribution in [3.63, 3.8) is 0 Å². The monoisotopic (exact) mass is 368 g/mol. The van der Waals surface area contributed by atoms with E-state index in [1.54, 1.807) is 30.3 Å². The molecule has 1 saturated heterocycles. The summed E-state index contributed by atoms with van der Waals surface area (Å²) < 4.78 is 24.1. The predicted molar refractivity (Wildman–Crippen MR) is 90.7 cm³/mol. The lowest BCUT2D eigenvalue weighted by atomic mass is 9.98. The normalized spacial score (nSPS) is 17.8. The van der Waals surface area contributed by atoms with E-state index in [0.717, 1.165) is 0 Å². The Balaban J connectivity index is 1.90. The number of nitrogens with zero attached hydrogens (tertiary/aromatic N) is 1. The highest BCUT2D eigenvalue weighted by Gasteiger charge is 2.30. The molecule has 136 valence electrons. The van der Waals surface area contributed by atoms with Crippen LogP contribution in [0.5, 0.6) is 0 Å². The molecule has 2 rings (SSSR count). The number of rotatable bonds is 6. The number of nitrogens with one attached hydrogen (secondary N) is 1. The summed E-state index contributed by atoms with van der Waals surface area (Å²) >= 11 is 0. The molecule has 0 saturated carbocycles. The molecule has 1 aromatic carbocycles. The van der Waals surface area contributed by atoms with Crippen molar-refractivity contribution in [1.82, 2.24) is 4.90 Å². The van der Waals surface area contributed by atoms with Gasteiger partial charge in [-0.15, -0.1) is 0 Å². The summed E-state index contributed by atoms with van der Waals surface area (Å²) in [4.78, 5) is 36.2. The Morgan fingerprint density at radius 1 is 1.16 bits per heavy atom. The van der Waals surface area contributed by atoms with Gasteiger partial charge in [0.05, 0.1) is 5.92 Å². The molecule has 1 aliphatic rings. The Bertz CT molecular complexity index is 747. The SMILES string of the molecule is O=C(CS(=O)(=O)CC(=O)N1CCCC(C(=O)O)C1)Nc1ccccc1. The van der Waals surface area contributed by atoms with Crippen molar-refractivity contribution >= 4 is 33.3 Å². The number of aliphatic carboxylic acids is 1. The van der Waals surface area contributed by atoms with Crippen molar-refractivity contribution in [2.75, 3.05) is 29.9 Å². The molecule has 1 heterocycles. The molecule has 1 aromatic rings. The van der Waals surface area contributed by atoms with E-state index in [-0.39, 0.29) is 6.54 Å². The van der Waals surface area contributed by atoms with E-state index < -0.39 is 45.0 Å². The summed E-state index contributed by atoms with van der Waals surface area (Å²) in [7, 11) is -3.94. The average Bonchev–Trinajstić information content (AvgIpc) is 2.54. The van der Waals surface area contributed by atoms with Gasteiger partial charge in [0.15, 0.2) is 9.84 Å². The molecule has 0 aromatic heterocycles. The number of hydrogen-bond acceptors (Lipinski definition) is 5. The number of para-hydroxylation sites is 1. The zero-order valence-corrected chi connectivity index (χ0v) is 14.4. The van der Waals surface area contributed by atoms with Crippen LogP contribution in [-0.4, -0.2) is 60.8 Å². The van der Waals surface area contributed by atoms with Crippen molar-refractivity contribution in [3.05, 3.63) is 30.3 Å². The lowest BCUT2D eigenvalue weighted by Gasteiger charge is -2.30. The quantitative estimate of drug-likeness (QED) is 0.748. The van der Waals surface area contributed by atoms with Crippen LogP contribution in [0.3, 0.4) is 0 Å². The molecule has 2 N–H and O–H groups in total. The van der Waals surface area contributed by atoms with E-state index in [2.05, 4.69) is 5.32 Å². The smallest absolute Gasteiger partial charge is 0.308 e. The van der Waals surface area contributed by atoms with E-state index >= 15 is 0 Å². The molecule has 25 heavy (non-hydrogen) atoms. The number of benzene rings is 1. The van der Waals surface area contributed by atoms with Gasteiger partial charge in [-0.25, -0.2) is 8.42 Å². The van der Waals surface area contributed by atoms with Crippen molar-refractivity contribution in [3.8, 4) is 0 Å². The molecular formula is C16H20N2O6S. The molecule has 1 fully saturated rings. The number of piperidine rings is 1. The van der Waals surface area contributed by atoms with Crippen LogP contribution in [0.25, 0.3) is 0 Å². The third-order valence-corrected chi connectivity index (χ3v) is 5.26. The Morgan fingerprint density at radius 3 is 2.48 bits per heavy atom. The number of carboxylic acids is 1. The first-order valence-electron chi connectivity index (χ1n) is 7.83. The number of amides is 2. The summed E-state index contributed by atoms with van der Waals surface area (Å²) in [5, 5.41) is 11.5. The molecule has 1 aliphatic heterocycles. The lowest BCUT2D eigenvalue weighted by Crippen LogP contribution is -2.45. The van der Waals surface area contributed by atoms with Gasteiger partial charge >= 0.3 is 5.97 Å². The third-order valence-electron chi connectivity index (χ3n) is 3.88. The lowest BCUT2D eigenvalue weighted by molar-refractivity contribution is -0.145. The van der Waals surface area contributed by atoms with Gasteiger partial charge in [-0.05, 0) is 25.0 Å². The van der Waals surface area contributed by atoms with Gasteiger partial charge in [-0.1, -0.05) is 18.2 Å². The van der Waals surface area contributed by atoms with E-state index in [9.17, 15) is 22.8 Å². The highest BCUT2D eigenvalue weighted by atomic mass is 32.2. The van der Waals surface area contributed by atoms with Crippen LogP contribution in [0.15, 0.2) is 30.3 Å². The molecule has 0 spiro atoms. The minimum absolute atomic E-state index is 0.000101. The number of likely N-dealkylation sites (tertiary alicyclic amines) is 1. The summed E-state index contributed by atoms with van der Waals surface area (Å²) in [5.74, 6) is -4.67. The van der Waals surface area contributed by atoms with Crippen LogP contribution in [-0.2, 0) is 24.2 Å². The number of anilines is 1. The first-order chi connectivity index (χ1) is 11.8. The topological polar surface area (TPSA) is 121 Å². The summed E-state index contributed by atoms with van der Waals surface area (Å²) in [6.45, 7) is 0.328. The van der Waals surface area contributed by atoms with Gasteiger partial charge in [0.2, 0.25) is 11.8 Å². The van der Waals surface area contributed by atoms with E-state index in [4.69, 9.17) is 5.11 Å². The first kappa shape index (κ1) is 18.9. The molecule has 1 atom stereocenters. The highest BCUT2D eigenvalue weighted by molar-refractivity contribution is 7.92. The second-order valence-electron chi connectivity index (χ2n) is 5.96. The Kier molecular flexibility index (Phi) is 6.13. The van der Waals surface area contributed by atoms with Gasteiger partial charge in [0, 0.05) is 18.8 Å². The van der Waals surface area contributed by atoms with Crippen molar-refractivity contribution in [2.24, 2.45) is 5.92 Å². The van der Waals surface area contributed by atoms with Crippen LogP contribution in [0.1, 0.15) is 12.8 Å². The Hall–Kier alpha value is -2.42. The number of carbonyl (C=O) groups is 3. The van der Waals surface area contributed by atoms with Gasteiger partial charge in [-0.3, -0.25) is 14.4 Å². The maximum Gasteiger partial charge on any atom is 0.308 e. The van der Waals surface area contributed by atoms with Crippen molar-refractivity contribution < 1.29 is 27.9 Å². The average molecular weight is 368 g/mol. The standard InChI is InChI=1S/C16H20N2O6S/c19-14(17-13-6-2-1-3-7-13)10-25(23,24)11-15(20)18-8-4-5-12(9-18)16(21)22/h1-3,6-7,12H,4-5,8-11H2,(H,17,19)(H,21,22). The maximum atomic E-state index is 12.1. The van der Waals surface area contributed by atoms with E-state index in [1.165, 1.54) is 4.90 Å². The van der Waals surface area contributed by atoms with Gasteiger partial charge in [0.25, 0.3) is 0 Å². The molecule has 8 nitrogen and oxygen atoms in total. The van der Waals surface area contributed by atoms with Crippen LogP contribution in [0, 0.1) is 5.92 Å². The first-order valence-corrected chi connectivity index (χ1v) is 9.65. The van der Waals surface area contributed by atoms with Crippen LogP contribution >= 0.6 is 0 Å². The minimum Gasteiger partial charge on any atom is -0.481 e. The van der Waals surface area contributed by atoms with Gasteiger partial charge in [0.1, 0.15) is 11.5 Å². The zero-order chi connectivity index (χ0) is 18.4. The van der Waals surface area contributed by atoms with Crippen LogP contribution in [0.4, 0.5) is 5.69 Å². The molecule has 0 bridgehead atoms. The Labute approximate surface area is 145 Å². The molecule has 9 heteroatoms. The molecule has 2 amide bonds. The minimum atomic E-state index is -3.94. The maximum absolute atomic E-state index is 12.1. The fraction of sp³-hybridized carbons (Fsp3) is 0.438. The fourth-order valence-corrected chi connectivity index (χ4v) is 3.79. The molecular weight excluding hydrogens is 348 g/mol. The number of sulfone groups is 1. The van der Waals surface area contributed by atoms with Gasteiger partial charge in [-0.2, -0.15) is 0 Å². The Morgan fingerprint density at radius 2 is 1.84 bits per heavy atom. The molecule has 0 aliphatic carbocycles. The van der Waals surface area contributed by atoms with Gasteiger partial charge < -0.3 is 15.3 Å². The molecule has 0 radical (unpaired) electrons. The number of hydrogen-bond donors (Lipinski definition) is 2. The van der Waals surface area contributed by atoms with Crippen molar-refractivity contribution in [1.29, 1.82) is 0 Å². The number of carboxylic acid groups (broad SMARTS) is 1. The van der Waals surface area contributed by atoms with Crippen molar-refractivity contribution in [2.45, 2.75) is 12.8 Å². The number of carbonyl (C=O) groups excluding carboxylic acids is 2. The molecule has 1 unspecified atom stereocenters. The van der Waals surface area contributed by atoms with E-state index in [1.807, 2.05) is 0 Å². The van der Waals surface area contributed by atoms with E-state index in [0.29, 0.717) is 25.1 Å².